The molecule has 0 fully saturated rings. The molecule has 0 saturated carbocycles. The van der Waals surface area contributed by atoms with Crippen molar-refractivity contribution < 1.29 is 9.53 Å². The van der Waals surface area contributed by atoms with Crippen molar-refractivity contribution in [2.24, 2.45) is 0 Å². The third-order valence-electron chi connectivity index (χ3n) is 1.23. The minimum absolute atomic E-state index is 0.0333. The lowest BCUT2D eigenvalue weighted by molar-refractivity contribution is 0.0528. The number of halogens is 1. The smallest absolute Gasteiger partial charge is 0.345 e. The Kier molecular flexibility index (Phi) is 2.54. The molecule has 0 spiro atoms. The van der Waals surface area contributed by atoms with Crippen molar-refractivity contribution in [3.05, 3.63) is 10.7 Å². The Balaban J connectivity index is 2.93. The minimum atomic E-state index is -0.561. The molecule has 0 aliphatic carbocycles. The third kappa shape index (κ3) is 1.50. The largest absolute Gasteiger partial charge is 0.462 e. The van der Waals surface area contributed by atoms with E-state index in [0.29, 0.717) is 0 Å². The molecular weight excluding hydrogens is 182 g/mol. The molecule has 0 saturated heterocycles. The maximum Gasteiger partial charge on any atom is 0.345 e. The second-order valence-corrected chi connectivity index (χ2v) is 2.38. The average molecular weight is 190 g/mol. The van der Waals surface area contributed by atoms with Crippen molar-refractivity contribution in [2.75, 3.05) is 12.3 Å². The van der Waals surface area contributed by atoms with Crippen LogP contribution in [0.1, 0.15) is 17.3 Å². The lowest BCUT2D eigenvalue weighted by Crippen LogP contribution is -2.06. The molecule has 12 heavy (non-hydrogen) atoms. The van der Waals surface area contributed by atoms with Crippen LogP contribution in [0.2, 0.25) is 5.15 Å². The highest BCUT2D eigenvalue weighted by Gasteiger charge is 2.18. The summed E-state index contributed by atoms with van der Waals surface area (Å²) in [5, 5.41) is 5.94. The van der Waals surface area contributed by atoms with Gasteiger partial charge in [-0.3, -0.25) is 5.10 Å². The Morgan fingerprint density at radius 1 is 1.83 bits per heavy atom. The van der Waals surface area contributed by atoms with Gasteiger partial charge in [-0.25, -0.2) is 4.79 Å². The monoisotopic (exact) mass is 189 g/mol. The maximum atomic E-state index is 11.1. The van der Waals surface area contributed by atoms with E-state index in [9.17, 15) is 4.79 Å². The molecular formula is C6H8ClN3O2. The molecule has 0 atom stereocenters. The van der Waals surface area contributed by atoms with Crippen molar-refractivity contribution in [1.29, 1.82) is 0 Å². The van der Waals surface area contributed by atoms with E-state index in [2.05, 4.69) is 14.9 Å². The number of carbonyl (C=O) groups is 1. The normalized spacial score (nSPS) is 9.83. The molecule has 0 aliphatic heterocycles. The number of carbonyl (C=O) groups excluding carboxylic acids is 1. The van der Waals surface area contributed by atoms with E-state index in [0.717, 1.165) is 0 Å². The summed E-state index contributed by atoms with van der Waals surface area (Å²) in [5.74, 6) is -0.438. The SMILES string of the molecule is CCOC(=O)c1c(Cl)n[nH]c1N. The van der Waals surface area contributed by atoms with Gasteiger partial charge in [-0.15, -0.1) is 0 Å². The molecule has 0 aliphatic rings. The van der Waals surface area contributed by atoms with Crippen LogP contribution in [0.15, 0.2) is 0 Å². The van der Waals surface area contributed by atoms with E-state index in [-0.39, 0.29) is 23.1 Å². The summed E-state index contributed by atoms with van der Waals surface area (Å²) in [4.78, 5) is 11.1. The average Bonchev–Trinajstić information content (AvgIpc) is 2.32. The lowest BCUT2D eigenvalue weighted by atomic mass is 10.3. The maximum absolute atomic E-state index is 11.1. The molecule has 1 rings (SSSR count). The number of esters is 1. The van der Waals surface area contributed by atoms with Crippen LogP contribution in [0.5, 0.6) is 0 Å². The number of nitrogens with zero attached hydrogens (tertiary/aromatic N) is 1. The number of aromatic amines is 1. The van der Waals surface area contributed by atoms with Crippen molar-refractivity contribution >= 4 is 23.4 Å². The second kappa shape index (κ2) is 3.44. The van der Waals surface area contributed by atoms with E-state index < -0.39 is 5.97 Å². The summed E-state index contributed by atoms with van der Waals surface area (Å²) in [7, 11) is 0. The van der Waals surface area contributed by atoms with Crippen molar-refractivity contribution in [3.63, 3.8) is 0 Å². The molecule has 6 heteroatoms. The first-order valence-electron chi connectivity index (χ1n) is 3.33. The number of hydrogen-bond donors (Lipinski definition) is 2. The van der Waals surface area contributed by atoms with Crippen LogP contribution < -0.4 is 5.73 Å². The van der Waals surface area contributed by atoms with Crippen LogP contribution >= 0.6 is 11.6 Å². The van der Waals surface area contributed by atoms with Gasteiger partial charge in [0.1, 0.15) is 11.4 Å². The number of nitrogens with one attached hydrogen (secondary N) is 1. The van der Waals surface area contributed by atoms with Gasteiger partial charge in [0.15, 0.2) is 5.15 Å². The first kappa shape index (κ1) is 8.86. The van der Waals surface area contributed by atoms with Gasteiger partial charge in [-0.05, 0) is 6.92 Å². The van der Waals surface area contributed by atoms with Crippen LogP contribution in [-0.4, -0.2) is 22.8 Å². The highest BCUT2D eigenvalue weighted by molar-refractivity contribution is 6.33. The fourth-order valence-electron chi connectivity index (χ4n) is 0.730. The number of ether oxygens (including phenoxy) is 1. The number of aromatic nitrogens is 2. The van der Waals surface area contributed by atoms with Crippen LogP contribution in [0.3, 0.4) is 0 Å². The predicted molar refractivity (Wildman–Crippen MR) is 44.0 cm³/mol. The Morgan fingerprint density at radius 3 is 2.92 bits per heavy atom. The number of anilines is 1. The Labute approximate surface area is 73.8 Å². The van der Waals surface area contributed by atoms with Gasteiger partial charge in [0.2, 0.25) is 0 Å². The molecule has 1 heterocycles. The third-order valence-corrected chi connectivity index (χ3v) is 1.50. The summed E-state index contributed by atoms with van der Waals surface area (Å²) >= 11 is 5.55. The van der Waals surface area contributed by atoms with Crippen LogP contribution in [0, 0.1) is 0 Å². The first-order chi connectivity index (χ1) is 5.66. The van der Waals surface area contributed by atoms with E-state index in [4.69, 9.17) is 17.3 Å². The summed E-state index contributed by atoms with van der Waals surface area (Å²) in [6, 6.07) is 0. The minimum Gasteiger partial charge on any atom is -0.462 e. The van der Waals surface area contributed by atoms with Crippen LogP contribution in [0.25, 0.3) is 0 Å². The number of nitrogen functional groups attached to an aromatic ring is 1. The van der Waals surface area contributed by atoms with Gasteiger partial charge in [-0.2, -0.15) is 5.10 Å². The number of rotatable bonds is 2. The van der Waals surface area contributed by atoms with Crippen molar-refractivity contribution in [1.82, 2.24) is 10.2 Å². The summed E-state index contributed by atoms with van der Waals surface area (Å²) in [6.07, 6.45) is 0. The molecule has 0 amide bonds. The summed E-state index contributed by atoms with van der Waals surface area (Å²) in [6.45, 7) is 1.97. The zero-order valence-electron chi connectivity index (χ0n) is 6.43. The highest BCUT2D eigenvalue weighted by atomic mass is 35.5. The molecule has 3 N–H and O–H groups in total. The molecule has 0 radical (unpaired) electrons. The Hall–Kier alpha value is -1.23. The van der Waals surface area contributed by atoms with Crippen LogP contribution in [-0.2, 0) is 4.74 Å². The summed E-state index contributed by atoms with van der Waals surface area (Å²) in [5.41, 5.74) is 5.47. The highest BCUT2D eigenvalue weighted by Crippen LogP contribution is 2.18. The Morgan fingerprint density at radius 2 is 2.50 bits per heavy atom. The zero-order chi connectivity index (χ0) is 9.14. The molecule has 0 bridgehead atoms. The molecule has 1 aromatic rings. The quantitative estimate of drug-likeness (QED) is 0.675. The molecule has 0 aromatic carbocycles. The van der Waals surface area contributed by atoms with E-state index in [1.54, 1.807) is 6.92 Å². The molecule has 0 unspecified atom stereocenters. The predicted octanol–water partition coefficient (Wildman–Crippen LogP) is 0.822. The van der Waals surface area contributed by atoms with Gasteiger partial charge < -0.3 is 10.5 Å². The number of nitrogens with two attached hydrogens (primary N) is 1. The second-order valence-electron chi connectivity index (χ2n) is 2.02. The van der Waals surface area contributed by atoms with E-state index in [1.165, 1.54) is 0 Å². The van der Waals surface area contributed by atoms with Gasteiger partial charge in [0, 0.05) is 0 Å². The van der Waals surface area contributed by atoms with Gasteiger partial charge in [0.05, 0.1) is 6.61 Å². The topological polar surface area (TPSA) is 81.0 Å². The Bertz CT molecular complexity index is 277. The van der Waals surface area contributed by atoms with E-state index in [1.807, 2.05) is 0 Å². The standard InChI is InChI=1S/C6H8ClN3O2/c1-2-12-6(11)3-4(7)9-10-5(3)8/h2H2,1H3,(H3,8,9,10). The number of hydrogen-bond acceptors (Lipinski definition) is 4. The molecule has 66 valence electrons. The van der Waals surface area contributed by atoms with Gasteiger partial charge >= 0.3 is 5.97 Å². The number of H-pyrrole nitrogens is 1. The fraction of sp³-hybridized carbons (Fsp3) is 0.333. The van der Waals surface area contributed by atoms with Crippen molar-refractivity contribution in [3.8, 4) is 0 Å². The first-order valence-corrected chi connectivity index (χ1v) is 3.71. The fourth-order valence-corrected chi connectivity index (χ4v) is 0.951. The summed E-state index contributed by atoms with van der Waals surface area (Å²) < 4.78 is 4.68. The van der Waals surface area contributed by atoms with Crippen LogP contribution in [0.4, 0.5) is 5.82 Å². The van der Waals surface area contributed by atoms with Crippen molar-refractivity contribution in [2.45, 2.75) is 6.92 Å². The van der Waals surface area contributed by atoms with Gasteiger partial charge in [0.25, 0.3) is 0 Å². The lowest BCUT2D eigenvalue weighted by Gasteiger charge is -1.98. The molecule has 1 aromatic heterocycles. The van der Waals surface area contributed by atoms with E-state index >= 15 is 0 Å². The molecule has 5 nitrogen and oxygen atoms in total. The van der Waals surface area contributed by atoms with Gasteiger partial charge in [-0.1, -0.05) is 11.6 Å². The zero-order valence-corrected chi connectivity index (χ0v) is 7.18.